The SMILES string of the molecule is C=CC(=O)N1CCN(c2nc(OCCCN3CCN(C(C)=O)CC3)nc3c2CCN(c2cc(O)cc4ccccc24)C3)CC1. The van der Waals surface area contributed by atoms with Crippen LogP contribution >= 0.6 is 0 Å². The number of fused-ring (bicyclic) bond motifs is 2. The second-order valence-electron chi connectivity index (χ2n) is 11.7. The molecule has 1 N–H and O–H groups in total. The first-order valence-corrected chi connectivity index (χ1v) is 15.5. The molecule has 0 saturated carbocycles. The lowest BCUT2D eigenvalue weighted by molar-refractivity contribution is -0.130. The summed E-state index contributed by atoms with van der Waals surface area (Å²) in [6.07, 6.45) is 2.96. The van der Waals surface area contributed by atoms with E-state index in [1.54, 1.807) is 13.0 Å². The van der Waals surface area contributed by atoms with Crippen molar-refractivity contribution in [3.8, 4) is 11.8 Å². The van der Waals surface area contributed by atoms with Gasteiger partial charge in [-0.3, -0.25) is 14.5 Å². The van der Waals surface area contributed by atoms with Crippen LogP contribution in [0.25, 0.3) is 10.8 Å². The fourth-order valence-electron chi connectivity index (χ4n) is 6.46. The molecule has 0 bridgehead atoms. The maximum Gasteiger partial charge on any atom is 0.318 e. The highest BCUT2D eigenvalue weighted by Gasteiger charge is 2.29. The Hall–Kier alpha value is -4.38. The van der Waals surface area contributed by atoms with Crippen LogP contribution in [0.5, 0.6) is 11.8 Å². The van der Waals surface area contributed by atoms with E-state index in [4.69, 9.17) is 14.7 Å². The lowest BCUT2D eigenvalue weighted by Crippen LogP contribution is -2.49. The Morgan fingerprint density at radius 3 is 2.45 bits per heavy atom. The summed E-state index contributed by atoms with van der Waals surface area (Å²) in [7, 11) is 0. The van der Waals surface area contributed by atoms with Gasteiger partial charge in [-0.2, -0.15) is 9.97 Å². The first-order valence-electron chi connectivity index (χ1n) is 15.5. The minimum absolute atomic E-state index is 0.0462. The molecular weight excluding hydrogens is 558 g/mol. The molecule has 0 aliphatic carbocycles. The third-order valence-corrected chi connectivity index (χ3v) is 8.92. The first kappa shape index (κ1) is 29.7. The second kappa shape index (κ2) is 13.1. The van der Waals surface area contributed by atoms with E-state index in [0.717, 1.165) is 85.6 Å². The molecule has 2 aromatic carbocycles. The molecule has 0 radical (unpaired) electrons. The molecule has 11 nitrogen and oxygen atoms in total. The molecule has 1 aromatic heterocycles. The van der Waals surface area contributed by atoms with Gasteiger partial charge >= 0.3 is 6.01 Å². The van der Waals surface area contributed by atoms with Gasteiger partial charge in [0.1, 0.15) is 11.6 Å². The highest BCUT2D eigenvalue weighted by molar-refractivity contribution is 5.95. The maximum absolute atomic E-state index is 12.2. The molecule has 6 rings (SSSR count). The zero-order chi connectivity index (χ0) is 30.6. The first-order chi connectivity index (χ1) is 21.4. The van der Waals surface area contributed by atoms with E-state index in [0.29, 0.717) is 45.3 Å². The van der Waals surface area contributed by atoms with Gasteiger partial charge in [-0.15, -0.1) is 0 Å². The van der Waals surface area contributed by atoms with E-state index < -0.39 is 0 Å². The molecule has 3 aromatic rings. The molecule has 3 aliphatic rings. The zero-order valence-electron chi connectivity index (χ0n) is 25.5. The number of hydrogen-bond donors (Lipinski definition) is 1. The molecule has 3 aliphatic heterocycles. The topological polar surface area (TPSA) is 106 Å². The van der Waals surface area contributed by atoms with Crippen LogP contribution < -0.4 is 14.5 Å². The summed E-state index contributed by atoms with van der Waals surface area (Å²) in [6, 6.07) is 12.1. The second-order valence-corrected chi connectivity index (χ2v) is 11.7. The van der Waals surface area contributed by atoms with Crippen molar-refractivity contribution >= 4 is 34.1 Å². The van der Waals surface area contributed by atoms with E-state index in [-0.39, 0.29) is 17.6 Å². The molecule has 0 unspecified atom stereocenters. The van der Waals surface area contributed by atoms with Crippen molar-refractivity contribution in [2.24, 2.45) is 0 Å². The van der Waals surface area contributed by atoms with Crippen molar-refractivity contribution in [3.63, 3.8) is 0 Å². The minimum Gasteiger partial charge on any atom is -0.508 e. The number of carbonyl (C=O) groups is 2. The number of anilines is 2. The minimum atomic E-state index is -0.0462. The van der Waals surface area contributed by atoms with E-state index in [9.17, 15) is 14.7 Å². The Kier molecular flexibility index (Phi) is 8.83. The number of phenolic OH excluding ortho intramolecular Hbond substituents is 1. The monoisotopic (exact) mass is 599 g/mol. The van der Waals surface area contributed by atoms with Gasteiger partial charge < -0.3 is 29.4 Å². The molecule has 44 heavy (non-hydrogen) atoms. The van der Waals surface area contributed by atoms with Crippen molar-refractivity contribution in [2.75, 3.05) is 81.9 Å². The summed E-state index contributed by atoms with van der Waals surface area (Å²) in [5, 5.41) is 12.6. The molecule has 2 saturated heterocycles. The summed E-state index contributed by atoms with van der Waals surface area (Å²) in [5.41, 5.74) is 3.02. The lowest BCUT2D eigenvalue weighted by Gasteiger charge is -2.38. The van der Waals surface area contributed by atoms with Crippen LogP contribution in [0.1, 0.15) is 24.6 Å². The summed E-state index contributed by atoms with van der Waals surface area (Å²) in [4.78, 5) is 44.3. The Bertz CT molecular complexity index is 1530. The van der Waals surface area contributed by atoms with Crippen LogP contribution in [-0.4, -0.2) is 114 Å². The number of aromatic hydroxyl groups is 1. The maximum atomic E-state index is 12.2. The number of hydrogen-bond acceptors (Lipinski definition) is 9. The van der Waals surface area contributed by atoms with E-state index in [1.807, 2.05) is 34.1 Å². The van der Waals surface area contributed by atoms with E-state index in [2.05, 4.69) is 27.3 Å². The molecule has 232 valence electrons. The molecule has 0 atom stereocenters. The van der Waals surface area contributed by atoms with Gasteiger partial charge in [0.05, 0.1) is 18.8 Å². The predicted octanol–water partition coefficient (Wildman–Crippen LogP) is 2.67. The molecule has 2 amide bonds. The molecule has 11 heteroatoms. The lowest BCUT2D eigenvalue weighted by atomic mass is 10.0. The smallest absolute Gasteiger partial charge is 0.318 e. The van der Waals surface area contributed by atoms with Crippen LogP contribution in [0.4, 0.5) is 11.5 Å². The van der Waals surface area contributed by atoms with E-state index in [1.165, 1.54) is 6.08 Å². The van der Waals surface area contributed by atoms with Crippen LogP contribution in [0.2, 0.25) is 0 Å². The Balaban J connectivity index is 1.20. The number of nitrogens with zero attached hydrogens (tertiary/aromatic N) is 7. The van der Waals surface area contributed by atoms with Crippen LogP contribution in [0, 0.1) is 0 Å². The summed E-state index contributed by atoms with van der Waals surface area (Å²) in [5.74, 6) is 1.22. The number of benzene rings is 2. The van der Waals surface area contributed by atoms with Gasteiger partial charge in [-0.25, -0.2) is 0 Å². The van der Waals surface area contributed by atoms with Crippen LogP contribution in [0.3, 0.4) is 0 Å². The Morgan fingerprint density at radius 1 is 0.955 bits per heavy atom. The largest absolute Gasteiger partial charge is 0.508 e. The number of ether oxygens (including phenoxy) is 1. The molecule has 2 fully saturated rings. The number of carbonyl (C=O) groups excluding carboxylic acids is 2. The van der Waals surface area contributed by atoms with Gasteiger partial charge in [0, 0.05) is 95.1 Å². The normalized spacial score (nSPS) is 17.5. The molecular formula is C33H41N7O4. The van der Waals surface area contributed by atoms with Gasteiger partial charge in [0.25, 0.3) is 0 Å². The third kappa shape index (κ3) is 6.42. The van der Waals surface area contributed by atoms with Gasteiger partial charge in [-0.1, -0.05) is 30.8 Å². The average molecular weight is 600 g/mol. The Morgan fingerprint density at radius 2 is 1.70 bits per heavy atom. The summed E-state index contributed by atoms with van der Waals surface area (Å²) in [6.45, 7) is 13.8. The quantitative estimate of drug-likeness (QED) is 0.309. The standard InChI is InChI=1S/C33H41N7O4/c1-3-31(43)38-16-18-39(19-17-38)32-28-9-11-40(30-22-26(42)21-25-7-4-5-8-27(25)30)23-29(28)34-33(35-32)44-20-6-10-36-12-14-37(15-13-36)24(2)41/h3-5,7-8,21-22,42H,1,6,9-20,23H2,2H3. The van der Waals surface area contributed by atoms with Crippen molar-refractivity contribution in [2.45, 2.75) is 26.3 Å². The predicted molar refractivity (Wildman–Crippen MR) is 170 cm³/mol. The fourth-order valence-corrected chi connectivity index (χ4v) is 6.46. The average Bonchev–Trinajstić information content (AvgIpc) is 3.05. The van der Waals surface area contributed by atoms with Crippen LogP contribution in [-0.2, 0) is 22.6 Å². The van der Waals surface area contributed by atoms with Crippen LogP contribution in [0.15, 0.2) is 49.1 Å². The molecule has 0 spiro atoms. The number of amides is 2. The fraction of sp³-hybridized carbons (Fsp3) is 0.455. The van der Waals surface area contributed by atoms with Gasteiger partial charge in [0.2, 0.25) is 11.8 Å². The third-order valence-electron chi connectivity index (χ3n) is 8.92. The van der Waals surface area contributed by atoms with Crippen molar-refractivity contribution in [1.82, 2.24) is 24.7 Å². The number of piperazine rings is 2. The van der Waals surface area contributed by atoms with Crippen molar-refractivity contribution in [3.05, 3.63) is 60.3 Å². The highest BCUT2D eigenvalue weighted by Crippen LogP contribution is 2.36. The Labute approximate surface area is 258 Å². The number of rotatable bonds is 8. The number of phenols is 1. The zero-order valence-corrected chi connectivity index (χ0v) is 25.5. The van der Waals surface area contributed by atoms with Gasteiger partial charge in [-0.05, 0) is 30.4 Å². The highest BCUT2D eigenvalue weighted by atomic mass is 16.5. The van der Waals surface area contributed by atoms with Crippen molar-refractivity contribution < 1.29 is 19.4 Å². The van der Waals surface area contributed by atoms with E-state index >= 15 is 0 Å². The van der Waals surface area contributed by atoms with Crippen molar-refractivity contribution in [1.29, 1.82) is 0 Å². The van der Waals surface area contributed by atoms with Gasteiger partial charge in [0.15, 0.2) is 0 Å². The summed E-state index contributed by atoms with van der Waals surface area (Å²) < 4.78 is 6.18. The summed E-state index contributed by atoms with van der Waals surface area (Å²) >= 11 is 0. The number of aromatic nitrogens is 2. The molecule has 4 heterocycles.